The molecule has 0 fully saturated rings. The van der Waals surface area contributed by atoms with Crippen LogP contribution in [0.5, 0.6) is 0 Å². The van der Waals surface area contributed by atoms with Gasteiger partial charge in [-0.2, -0.15) is 0 Å². The van der Waals surface area contributed by atoms with Crippen molar-refractivity contribution in [2.45, 2.75) is 39.7 Å². The summed E-state index contributed by atoms with van der Waals surface area (Å²) in [4.78, 5) is 8.71. The molecular formula is C11H18BrN3O. The number of rotatable bonds is 5. The summed E-state index contributed by atoms with van der Waals surface area (Å²) < 4.78 is 6.27. The number of aromatic nitrogens is 2. The molecule has 90 valence electrons. The fraction of sp³-hybridized carbons (Fsp3) is 0.636. The molecule has 16 heavy (non-hydrogen) atoms. The molecule has 1 aromatic heterocycles. The van der Waals surface area contributed by atoms with Crippen molar-refractivity contribution >= 4 is 21.7 Å². The summed E-state index contributed by atoms with van der Waals surface area (Å²) in [5, 5.41) is 0. The van der Waals surface area contributed by atoms with Gasteiger partial charge in [0.15, 0.2) is 5.82 Å². The van der Waals surface area contributed by atoms with Gasteiger partial charge in [0, 0.05) is 6.61 Å². The first-order chi connectivity index (χ1) is 7.60. The first-order valence-electron chi connectivity index (χ1n) is 5.53. The van der Waals surface area contributed by atoms with E-state index in [0.29, 0.717) is 18.2 Å². The highest BCUT2D eigenvalue weighted by atomic mass is 79.9. The van der Waals surface area contributed by atoms with Crippen LogP contribution >= 0.6 is 15.9 Å². The molecule has 1 heterocycles. The normalized spacial score (nSPS) is 12.8. The van der Waals surface area contributed by atoms with Gasteiger partial charge in [-0.05, 0) is 36.2 Å². The number of anilines is 1. The molecule has 1 aromatic rings. The lowest BCUT2D eigenvalue weighted by Crippen LogP contribution is -2.10. The number of aryl methyl sites for hydroxylation is 1. The second-order valence-electron chi connectivity index (χ2n) is 3.58. The second-order valence-corrected chi connectivity index (χ2v) is 4.37. The number of hydrogen-bond donors (Lipinski definition) is 1. The maximum atomic E-state index is 5.83. The molecule has 0 aliphatic heterocycles. The van der Waals surface area contributed by atoms with Gasteiger partial charge >= 0.3 is 0 Å². The highest BCUT2D eigenvalue weighted by Crippen LogP contribution is 2.24. The highest BCUT2D eigenvalue weighted by Gasteiger charge is 2.14. The molecule has 0 radical (unpaired) electrons. The van der Waals surface area contributed by atoms with Crippen LogP contribution in [-0.4, -0.2) is 16.6 Å². The largest absolute Gasteiger partial charge is 0.383 e. The number of nitrogen functional groups attached to an aromatic ring is 1. The average molecular weight is 288 g/mol. The molecule has 4 nitrogen and oxygen atoms in total. The van der Waals surface area contributed by atoms with Crippen molar-refractivity contribution in [2.75, 3.05) is 12.3 Å². The van der Waals surface area contributed by atoms with E-state index in [9.17, 15) is 0 Å². The van der Waals surface area contributed by atoms with E-state index in [1.807, 2.05) is 13.8 Å². The van der Waals surface area contributed by atoms with E-state index in [1.54, 1.807) is 0 Å². The van der Waals surface area contributed by atoms with Gasteiger partial charge in [-0.15, -0.1) is 0 Å². The third-order valence-electron chi connectivity index (χ3n) is 2.23. The van der Waals surface area contributed by atoms with Gasteiger partial charge in [0.1, 0.15) is 11.9 Å². The van der Waals surface area contributed by atoms with Crippen molar-refractivity contribution in [1.29, 1.82) is 0 Å². The maximum absolute atomic E-state index is 5.83. The fourth-order valence-electron chi connectivity index (χ4n) is 1.44. The molecule has 1 rings (SSSR count). The molecule has 1 unspecified atom stereocenters. The van der Waals surface area contributed by atoms with Crippen molar-refractivity contribution in [3.8, 4) is 0 Å². The first-order valence-corrected chi connectivity index (χ1v) is 6.32. The van der Waals surface area contributed by atoms with E-state index >= 15 is 0 Å². The minimum atomic E-state index is -0.115. The Balaban J connectivity index is 3.03. The number of hydrogen-bond acceptors (Lipinski definition) is 4. The molecule has 2 N–H and O–H groups in total. The van der Waals surface area contributed by atoms with Gasteiger partial charge in [0.05, 0.1) is 10.2 Å². The Kier molecular flexibility index (Phi) is 5.15. The zero-order valence-corrected chi connectivity index (χ0v) is 11.5. The first kappa shape index (κ1) is 13.4. The Morgan fingerprint density at radius 1 is 1.38 bits per heavy atom. The van der Waals surface area contributed by atoms with Gasteiger partial charge in [-0.25, -0.2) is 9.97 Å². The van der Waals surface area contributed by atoms with Crippen molar-refractivity contribution in [3.05, 3.63) is 16.0 Å². The van der Waals surface area contributed by atoms with Crippen LogP contribution < -0.4 is 5.73 Å². The van der Waals surface area contributed by atoms with Crippen LogP contribution in [0, 0.1) is 0 Å². The summed E-state index contributed by atoms with van der Waals surface area (Å²) in [5.41, 5.74) is 6.79. The van der Waals surface area contributed by atoms with Gasteiger partial charge in [-0.1, -0.05) is 13.3 Å². The fourth-order valence-corrected chi connectivity index (χ4v) is 1.82. The van der Waals surface area contributed by atoms with Crippen LogP contribution in [-0.2, 0) is 11.2 Å². The maximum Gasteiger partial charge on any atom is 0.159 e. The minimum Gasteiger partial charge on any atom is -0.383 e. The second kappa shape index (κ2) is 6.15. The number of nitrogens with zero attached hydrogens (tertiary/aromatic N) is 2. The molecule has 0 bridgehead atoms. The molecule has 0 aliphatic carbocycles. The van der Waals surface area contributed by atoms with E-state index < -0.39 is 0 Å². The van der Waals surface area contributed by atoms with E-state index in [1.165, 1.54) is 0 Å². The Morgan fingerprint density at radius 2 is 2.06 bits per heavy atom. The quantitative estimate of drug-likeness (QED) is 0.905. The Hall–Kier alpha value is -0.680. The third kappa shape index (κ3) is 3.15. The van der Waals surface area contributed by atoms with Crippen molar-refractivity contribution in [1.82, 2.24) is 9.97 Å². The SMILES string of the molecule is CCCc1nc(C(C)OCC)nc(N)c1Br. The lowest BCUT2D eigenvalue weighted by Gasteiger charge is -2.13. The smallest absolute Gasteiger partial charge is 0.159 e. The lowest BCUT2D eigenvalue weighted by atomic mass is 10.2. The van der Waals surface area contributed by atoms with Crippen LogP contribution in [0.15, 0.2) is 4.47 Å². The molecule has 0 aromatic carbocycles. The average Bonchev–Trinajstić information content (AvgIpc) is 2.25. The lowest BCUT2D eigenvalue weighted by molar-refractivity contribution is 0.0699. The van der Waals surface area contributed by atoms with E-state index in [4.69, 9.17) is 10.5 Å². The zero-order chi connectivity index (χ0) is 12.1. The predicted octanol–water partition coefficient (Wildman–Crippen LogP) is 2.87. The summed E-state index contributed by atoms with van der Waals surface area (Å²) >= 11 is 3.41. The summed E-state index contributed by atoms with van der Waals surface area (Å²) in [5.74, 6) is 1.14. The van der Waals surface area contributed by atoms with Crippen molar-refractivity contribution in [3.63, 3.8) is 0 Å². The Labute approximate surface area is 105 Å². The van der Waals surface area contributed by atoms with Crippen molar-refractivity contribution < 1.29 is 4.74 Å². The number of ether oxygens (including phenoxy) is 1. The number of halogens is 1. The molecule has 0 saturated carbocycles. The topological polar surface area (TPSA) is 61.0 Å². The standard InChI is InChI=1S/C11H18BrN3O/c1-4-6-8-9(12)10(13)15-11(14-8)7(3)16-5-2/h7H,4-6H2,1-3H3,(H2,13,14,15). The molecular weight excluding hydrogens is 270 g/mol. The Morgan fingerprint density at radius 3 is 2.62 bits per heavy atom. The van der Waals surface area contributed by atoms with E-state index in [2.05, 4.69) is 32.8 Å². The van der Waals surface area contributed by atoms with Crippen LogP contribution in [0.2, 0.25) is 0 Å². The predicted molar refractivity (Wildman–Crippen MR) is 68.2 cm³/mol. The summed E-state index contributed by atoms with van der Waals surface area (Å²) in [6, 6.07) is 0. The van der Waals surface area contributed by atoms with Gasteiger partial charge in [0.2, 0.25) is 0 Å². The summed E-state index contributed by atoms with van der Waals surface area (Å²) in [6.45, 7) is 6.63. The van der Waals surface area contributed by atoms with Crippen LogP contribution in [0.1, 0.15) is 44.8 Å². The molecule has 5 heteroatoms. The summed E-state index contributed by atoms with van der Waals surface area (Å²) in [6.07, 6.45) is 1.80. The molecule has 1 atom stereocenters. The number of nitrogens with two attached hydrogens (primary N) is 1. The van der Waals surface area contributed by atoms with Gasteiger partial charge in [-0.3, -0.25) is 0 Å². The van der Waals surface area contributed by atoms with Crippen LogP contribution in [0.4, 0.5) is 5.82 Å². The molecule has 0 aliphatic rings. The minimum absolute atomic E-state index is 0.115. The Bertz CT molecular complexity index is 357. The molecule has 0 amide bonds. The van der Waals surface area contributed by atoms with Gasteiger partial charge < -0.3 is 10.5 Å². The van der Waals surface area contributed by atoms with Gasteiger partial charge in [0.25, 0.3) is 0 Å². The van der Waals surface area contributed by atoms with Crippen LogP contribution in [0.25, 0.3) is 0 Å². The van der Waals surface area contributed by atoms with E-state index in [0.717, 1.165) is 23.0 Å². The molecule has 0 spiro atoms. The van der Waals surface area contributed by atoms with Crippen molar-refractivity contribution in [2.24, 2.45) is 0 Å². The summed E-state index contributed by atoms with van der Waals surface area (Å²) in [7, 11) is 0. The highest BCUT2D eigenvalue weighted by molar-refractivity contribution is 9.10. The monoisotopic (exact) mass is 287 g/mol. The third-order valence-corrected chi connectivity index (χ3v) is 3.09. The zero-order valence-electron chi connectivity index (χ0n) is 9.96. The van der Waals surface area contributed by atoms with E-state index in [-0.39, 0.29) is 6.10 Å². The van der Waals surface area contributed by atoms with Crippen LogP contribution in [0.3, 0.4) is 0 Å². The molecule has 0 saturated heterocycles.